The lowest BCUT2D eigenvalue weighted by Crippen LogP contribution is -2.51. The van der Waals surface area contributed by atoms with E-state index in [1.54, 1.807) is 6.20 Å². The predicted octanol–water partition coefficient (Wildman–Crippen LogP) is 3.73. The molecule has 7 nitrogen and oxygen atoms in total. The van der Waals surface area contributed by atoms with Gasteiger partial charge in [0, 0.05) is 12.5 Å². The van der Waals surface area contributed by atoms with Gasteiger partial charge in [0.2, 0.25) is 8.32 Å². The van der Waals surface area contributed by atoms with Crippen LogP contribution in [0.15, 0.2) is 12.5 Å². The summed E-state index contributed by atoms with van der Waals surface area (Å²) in [7, 11) is -2.00. The van der Waals surface area contributed by atoms with E-state index in [0.717, 1.165) is 18.5 Å². The highest BCUT2D eigenvalue weighted by atomic mass is 28.4. The van der Waals surface area contributed by atoms with E-state index in [2.05, 4.69) is 61.8 Å². The predicted molar refractivity (Wildman–Crippen MR) is 108 cm³/mol. The van der Waals surface area contributed by atoms with Crippen molar-refractivity contribution >= 4 is 19.5 Å². The minimum atomic E-state index is -2.00. The van der Waals surface area contributed by atoms with Crippen molar-refractivity contribution < 1.29 is 9.53 Å². The van der Waals surface area contributed by atoms with E-state index in [1.807, 2.05) is 4.68 Å². The van der Waals surface area contributed by atoms with Crippen molar-refractivity contribution in [2.75, 3.05) is 6.61 Å². The van der Waals surface area contributed by atoms with Gasteiger partial charge in [-0.25, -0.2) is 14.6 Å². The number of nitrogens with zero attached hydrogens (tertiary/aromatic N) is 5. The van der Waals surface area contributed by atoms with Gasteiger partial charge in [-0.3, -0.25) is 0 Å². The fraction of sp³-hybridized carbons (Fsp3) is 0.789. The Kier molecular flexibility index (Phi) is 5.98. The zero-order valence-corrected chi connectivity index (χ0v) is 18.3. The standard InChI is InChI=1S/C19H33N5O2Si/c1-12(2)27(13(3)4,14(5)6)26-18-8-16(7-15(18)10-25)24-19-17(22-23-24)9-20-11-21-19/h9,11-16,18,25H,7-8,10H2,1-6H3/t15-,16-,18+/m1/s1. The molecule has 0 spiro atoms. The highest BCUT2D eigenvalue weighted by Crippen LogP contribution is 2.47. The molecule has 0 unspecified atom stereocenters. The van der Waals surface area contributed by atoms with Crippen LogP contribution in [0.5, 0.6) is 0 Å². The van der Waals surface area contributed by atoms with Gasteiger partial charge in [0.15, 0.2) is 11.2 Å². The Morgan fingerprint density at radius 2 is 1.81 bits per heavy atom. The monoisotopic (exact) mass is 391 g/mol. The molecule has 1 fully saturated rings. The summed E-state index contributed by atoms with van der Waals surface area (Å²) < 4.78 is 8.91. The van der Waals surface area contributed by atoms with Crippen LogP contribution in [0.25, 0.3) is 11.2 Å². The zero-order chi connectivity index (χ0) is 19.8. The molecule has 0 radical (unpaired) electrons. The van der Waals surface area contributed by atoms with E-state index in [-0.39, 0.29) is 24.7 Å². The first-order valence-corrected chi connectivity index (χ1v) is 12.2. The first-order valence-electron chi connectivity index (χ1n) is 10.1. The van der Waals surface area contributed by atoms with Crippen LogP contribution in [0.3, 0.4) is 0 Å². The van der Waals surface area contributed by atoms with Crippen molar-refractivity contribution in [1.29, 1.82) is 0 Å². The lowest BCUT2D eigenvalue weighted by molar-refractivity contribution is 0.0939. The molecule has 0 aromatic carbocycles. The summed E-state index contributed by atoms with van der Waals surface area (Å²) in [6.07, 6.45) is 4.95. The van der Waals surface area contributed by atoms with Gasteiger partial charge < -0.3 is 9.53 Å². The van der Waals surface area contributed by atoms with Gasteiger partial charge >= 0.3 is 0 Å². The highest BCUT2D eigenvalue weighted by molar-refractivity contribution is 6.77. The second kappa shape index (κ2) is 7.93. The molecule has 1 aliphatic carbocycles. The second-order valence-electron chi connectivity index (χ2n) is 8.81. The summed E-state index contributed by atoms with van der Waals surface area (Å²) in [4.78, 5) is 8.37. The van der Waals surface area contributed by atoms with Crippen LogP contribution < -0.4 is 0 Å². The smallest absolute Gasteiger partial charge is 0.200 e. The molecule has 3 atom stereocenters. The van der Waals surface area contributed by atoms with Gasteiger partial charge in [-0.1, -0.05) is 46.8 Å². The van der Waals surface area contributed by atoms with Gasteiger partial charge in [-0.2, -0.15) is 0 Å². The Hall–Kier alpha value is -1.38. The maximum Gasteiger partial charge on any atom is 0.200 e. The van der Waals surface area contributed by atoms with Crippen LogP contribution >= 0.6 is 0 Å². The fourth-order valence-corrected chi connectivity index (χ4v) is 10.8. The number of aromatic nitrogens is 5. The van der Waals surface area contributed by atoms with Gasteiger partial charge in [0.25, 0.3) is 0 Å². The SMILES string of the molecule is CC(C)[Si](O[C@H]1C[C@H](n2nnc3cncnc32)C[C@@H]1CO)(C(C)C)C(C)C. The summed E-state index contributed by atoms with van der Waals surface area (Å²) in [5.41, 5.74) is 3.03. The van der Waals surface area contributed by atoms with Crippen molar-refractivity contribution in [2.45, 2.75) is 83.2 Å². The Morgan fingerprint density at radius 1 is 1.15 bits per heavy atom. The van der Waals surface area contributed by atoms with Gasteiger partial charge in [0.1, 0.15) is 6.33 Å². The molecule has 1 saturated carbocycles. The van der Waals surface area contributed by atoms with Crippen molar-refractivity contribution in [3.63, 3.8) is 0 Å². The molecule has 8 heteroatoms. The molecular formula is C19H33N5O2Si. The molecule has 27 heavy (non-hydrogen) atoms. The number of rotatable bonds is 7. The van der Waals surface area contributed by atoms with Gasteiger partial charge in [0.05, 0.1) is 18.3 Å². The lowest BCUT2D eigenvalue weighted by atomic mass is 10.1. The third kappa shape index (κ3) is 3.54. The molecular weight excluding hydrogens is 358 g/mol. The average molecular weight is 392 g/mol. The molecule has 1 N–H and O–H groups in total. The Labute approximate surface area is 162 Å². The maximum atomic E-state index is 10.0. The molecule has 2 aromatic heterocycles. The average Bonchev–Trinajstić information content (AvgIpc) is 3.22. The second-order valence-corrected chi connectivity index (χ2v) is 14.2. The molecule has 150 valence electrons. The van der Waals surface area contributed by atoms with E-state index in [4.69, 9.17) is 4.43 Å². The number of aliphatic hydroxyl groups is 1. The molecule has 1 aliphatic rings. The molecule has 0 bridgehead atoms. The summed E-state index contributed by atoms with van der Waals surface area (Å²) in [6.45, 7) is 13.9. The maximum absolute atomic E-state index is 10.0. The lowest BCUT2D eigenvalue weighted by Gasteiger charge is -2.45. The van der Waals surface area contributed by atoms with E-state index in [1.165, 1.54) is 6.33 Å². The molecule has 2 heterocycles. The van der Waals surface area contributed by atoms with E-state index in [0.29, 0.717) is 22.1 Å². The molecule has 0 saturated heterocycles. The number of aliphatic hydroxyl groups excluding tert-OH is 1. The van der Waals surface area contributed by atoms with Crippen LogP contribution in [-0.2, 0) is 4.43 Å². The topological polar surface area (TPSA) is 86.0 Å². The Balaban J connectivity index is 1.88. The minimum absolute atomic E-state index is 0.0555. The van der Waals surface area contributed by atoms with Crippen molar-refractivity contribution in [3.8, 4) is 0 Å². The number of hydrogen-bond acceptors (Lipinski definition) is 6. The van der Waals surface area contributed by atoms with Crippen LogP contribution in [0.2, 0.25) is 16.6 Å². The van der Waals surface area contributed by atoms with Crippen LogP contribution in [-0.4, -0.2) is 51.1 Å². The minimum Gasteiger partial charge on any atom is -0.413 e. The summed E-state index contributed by atoms with van der Waals surface area (Å²) in [6, 6.07) is 0.144. The third-order valence-electron chi connectivity index (χ3n) is 6.39. The summed E-state index contributed by atoms with van der Waals surface area (Å²) in [5, 5.41) is 18.6. The summed E-state index contributed by atoms with van der Waals surface area (Å²) in [5.74, 6) is 0.124. The Morgan fingerprint density at radius 3 is 2.41 bits per heavy atom. The number of hydrogen-bond donors (Lipinski definition) is 1. The molecule has 2 aromatic rings. The fourth-order valence-electron chi connectivity index (χ4n) is 5.21. The largest absolute Gasteiger partial charge is 0.413 e. The van der Waals surface area contributed by atoms with Crippen LogP contribution in [0.4, 0.5) is 0 Å². The van der Waals surface area contributed by atoms with Gasteiger partial charge in [-0.15, -0.1) is 5.10 Å². The van der Waals surface area contributed by atoms with Crippen molar-refractivity contribution in [3.05, 3.63) is 12.5 Å². The third-order valence-corrected chi connectivity index (χ3v) is 12.5. The van der Waals surface area contributed by atoms with E-state index < -0.39 is 8.32 Å². The van der Waals surface area contributed by atoms with Gasteiger partial charge in [-0.05, 0) is 29.5 Å². The highest BCUT2D eigenvalue weighted by Gasteiger charge is 2.49. The molecule has 0 amide bonds. The first-order chi connectivity index (χ1) is 12.8. The molecule has 3 rings (SSSR count). The van der Waals surface area contributed by atoms with E-state index >= 15 is 0 Å². The number of fused-ring (bicyclic) bond motifs is 1. The first kappa shape index (κ1) is 20.4. The van der Waals surface area contributed by atoms with Crippen LogP contribution in [0, 0.1) is 5.92 Å². The zero-order valence-electron chi connectivity index (χ0n) is 17.3. The Bertz CT molecular complexity index is 742. The quantitative estimate of drug-likeness (QED) is 0.724. The van der Waals surface area contributed by atoms with Crippen molar-refractivity contribution in [2.24, 2.45) is 5.92 Å². The van der Waals surface area contributed by atoms with Crippen LogP contribution in [0.1, 0.15) is 60.4 Å². The molecule has 0 aliphatic heterocycles. The van der Waals surface area contributed by atoms with Crippen molar-refractivity contribution in [1.82, 2.24) is 25.0 Å². The van der Waals surface area contributed by atoms with E-state index in [9.17, 15) is 5.11 Å². The summed E-state index contributed by atoms with van der Waals surface area (Å²) >= 11 is 0. The normalized spacial score (nSPS) is 24.0.